The first kappa shape index (κ1) is 13.6. The first-order chi connectivity index (χ1) is 8.91. The fourth-order valence-corrected chi connectivity index (χ4v) is 2.69. The molecule has 0 saturated heterocycles. The number of non-ortho nitro benzene ring substituents is 1. The second-order valence-corrected chi connectivity index (χ2v) is 5.89. The molecule has 5 heteroatoms. The highest BCUT2D eigenvalue weighted by Gasteiger charge is 2.31. The highest BCUT2D eigenvalue weighted by Crippen LogP contribution is 2.39. The number of hydrogen-bond acceptors (Lipinski definition) is 4. The van der Waals surface area contributed by atoms with E-state index in [1.54, 1.807) is 6.07 Å². The van der Waals surface area contributed by atoms with Gasteiger partial charge in [0.2, 0.25) is 0 Å². The van der Waals surface area contributed by atoms with Crippen LogP contribution < -0.4 is 10.1 Å². The predicted molar refractivity (Wildman–Crippen MR) is 74.7 cm³/mol. The van der Waals surface area contributed by atoms with Gasteiger partial charge in [0.25, 0.3) is 5.69 Å². The van der Waals surface area contributed by atoms with E-state index in [1.165, 1.54) is 25.7 Å². The summed E-state index contributed by atoms with van der Waals surface area (Å²) in [6, 6.07) is 5.10. The number of nitro groups is 1. The van der Waals surface area contributed by atoms with Gasteiger partial charge in [0, 0.05) is 12.1 Å². The van der Waals surface area contributed by atoms with Gasteiger partial charge in [-0.15, -0.1) is 0 Å². The molecular weight excluding hydrogens is 244 g/mol. The van der Waals surface area contributed by atoms with Crippen molar-refractivity contribution in [3.8, 4) is 5.75 Å². The van der Waals surface area contributed by atoms with Crippen LogP contribution in [0, 0.1) is 15.5 Å². The number of hydrogen-bond donors (Lipinski definition) is 1. The summed E-state index contributed by atoms with van der Waals surface area (Å²) in [5, 5.41) is 14.2. The van der Waals surface area contributed by atoms with E-state index in [2.05, 4.69) is 19.2 Å². The maximum atomic E-state index is 10.7. The number of nitrogens with one attached hydrogen (secondary N) is 1. The minimum atomic E-state index is -0.412. The number of rotatable bonds is 4. The minimum absolute atomic E-state index is 0.0501. The smallest absolute Gasteiger partial charge is 0.273 e. The molecule has 0 aromatic heterocycles. The summed E-state index contributed by atoms with van der Waals surface area (Å²) in [5.74, 6) is 0.527. The van der Waals surface area contributed by atoms with Gasteiger partial charge in [0.1, 0.15) is 5.75 Å². The van der Waals surface area contributed by atoms with Crippen LogP contribution >= 0.6 is 0 Å². The largest absolute Gasteiger partial charge is 0.494 e. The zero-order chi connectivity index (χ0) is 14.0. The lowest BCUT2D eigenvalue weighted by Gasteiger charge is -2.19. The molecule has 1 saturated carbocycles. The van der Waals surface area contributed by atoms with Crippen LogP contribution in [0.15, 0.2) is 18.2 Å². The van der Waals surface area contributed by atoms with E-state index < -0.39 is 4.92 Å². The van der Waals surface area contributed by atoms with Crippen LogP contribution in [0.5, 0.6) is 5.75 Å². The zero-order valence-corrected chi connectivity index (χ0v) is 11.6. The van der Waals surface area contributed by atoms with Crippen LogP contribution in [0.25, 0.3) is 0 Å². The number of anilines is 1. The van der Waals surface area contributed by atoms with Crippen LogP contribution in [0.2, 0.25) is 0 Å². The maximum Gasteiger partial charge on any atom is 0.273 e. The van der Waals surface area contributed by atoms with E-state index in [4.69, 9.17) is 4.74 Å². The van der Waals surface area contributed by atoms with Crippen molar-refractivity contribution in [1.29, 1.82) is 0 Å². The Kier molecular flexibility index (Phi) is 3.64. The fourth-order valence-electron chi connectivity index (χ4n) is 2.69. The topological polar surface area (TPSA) is 64.4 Å². The third-order valence-corrected chi connectivity index (χ3v) is 3.72. The number of ether oxygens (including phenoxy) is 1. The van der Waals surface area contributed by atoms with Gasteiger partial charge in [0.05, 0.1) is 23.8 Å². The molecule has 104 valence electrons. The molecule has 1 aliphatic carbocycles. The van der Waals surface area contributed by atoms with Crippen molar-refractivity contribution in [1.82, 2.24) is 0 Å². The Morgan fingerprint density at radius 2 is 2.21 bits per heavy atom. The second kappa shape index (κ2) is 5.07. The van der Waals surface area contributed by atoms with Gasteiger partial charge in [-0.3, -0.25) is 10.1 Å². The molecule has 1 aromatic carbocycles. The molecule has 1 N–H and O–H groups in total. The normalized spacial score (nSPS) is 21.1. The molecule has 0 bridgehead atoms. The van der Waals surface area contributed by atoms with E-state index in [-0.39, 0.29) is 5.69 Å². The van der Waals surface area contributed by atoms with Crippen molar-refractivity contribution in [2.75, 3.05) is 12.4 Å². The average molecular weight is 264 g/mol. The summed E-state index contributed by atoms with van der Waals surface area (Å²) in [6.45, 7) is 4.53. The van der Waals surface area contributed by atoms with E-state index >= 15 is 0 Å². The van der Waals surface area contributed by atoms with Gasteiger partial charge in [-0.05, 0) is 30.7 Å². The standard InChI is InChI=1S/C14H20N2O3/c1-14(2)7-6-10(9-14)15-12-5-4-11(16(17)18)8-13(12)19-3/h4-5,8,10,15H,6-7,9H2,1-3H3. The lowest BCUT2D eigenvalue weighted by atomic mass is 9.92. The van der Waals surface area contributed by atoms with Crippen LogP contribution in [-0.2, 0) is 0 Å². The van der Waals surface area contributed by atoms with Crippen LogP contribution in [0.3, 0.4) is 0 Å². The molecule has 1 aromatic rings. The molecule has 1 unspecified atom stereocenters. The third-order valence-electron chi connectivity index (χ3n) is 3.72. The molecule has 0 heterocycles. The molecule has 0 amide bonds. The van der Waals surface area contributed by atoms with E-state index in [0.717, 1.165) is 18.5 Å². The van der Waals surface area contributed by atoms with Crippen molar-refractivity contribution < 1.29 is 9.66 Å². The summed E-state index contributed by atoms with van der Waals surface area (Å²) < 4.78 is 5.23. The summed E-state index contributed by atoms with van der Waals surface area (Å²) in [6.07, 6.45) is 3.42. The summed E-state index contributed by atoms with van der Waals surface area (Å²) in [7, 11) is 1.53. The Morgan fingerprint density at radius 1 is 1.47 bits per heavy atom. The molecular formula is C14H20N2O3. The van der Waals surface area contributed by atoms with Crippen LogP contribution in [-0.4, -0.2) is 18.1 Å². The van der Waals surface area contributed by atoms with Gasteiger partial charge in [-0.1, -0.05) is 13.8 Å². The summed E-state index contributed by atoms with van der Waals surface area (Å²) in [4.78, 5) is 10.3. The number of nitrogens with zero attached hydrogens (tertiary/aromatic N) is 1. The zero-order valence-electron chi connectivity index (χ0n) is 11.6. The molecule has 1 atom stereocenters. The van der Waals surface area contributed by atoms with Crippen LogP contribution in [0.1, 0.15) is 33.1 Å². The van der Waals surface area contributed by atoms with Gasteiger partial charge in [-0.25, -0.2) is 0 Å². The predicted octanol–water partition coefficient (Wildman–Crippen LogP) is 3.59. The van der Waals surface area contributed by atoms with Crippen molar-refractivity contribution in [2.45, 2.75) is 39.2 Å². The Balaban J connectivity index is 2.14. The molecule has 0 aliphatic heterocycles. The van der Waals surface area contributed by atoms with Gasteiger partial charge >= 0.3 is 0 Å². The Bertz CT molecular complexity index is 486. The SMILES string of the molecule is COc1cc([N+](=O)[O-])ccc1NC1CCC(C)(C)C1. The van der Waals surface area contributed by atoms with Crippen LogP contribution in [0.4, 0.5) is 11.4 Å². The minimum Gasteiger partial charge on any atom is -0.494 e. The average Bonchev–Trinajstić information content (AvgIpc) is 2.69. The van der Waals surface area contributed by atoms with Gasteiger partial charge in [-0.2, -0.15) is 0 Å². The quantitative estimate of drug-likeness (QED) is 0.666. The lowest BCUT2D eigenvalue weighted by Crippen LogP contribution is -2.18. The third kappa shape index (κ3) is 3.16. The lowest BCUT2D eigenvalue weighted by molar-refractivity contribution is -0.384. The monoisotopic (exact) mass is 264 g/mol. The Hall–Kier alpha value is -1.78. The summed E-state index contributed by atoms with van der Waals surface area (Å²) in [5.41, 5.74) is 1.25. The Morgan fingerprint density at radius 3 is 2.74 bits per heavy atom. The maximum absolute atomic E-state index is 10.7. The number of benzene rings is 1. The molecule has 2 rings (SSSR count). The molecule has 0 radical (unpaired) electrons. The molecule has 5 nitrogen and oxygen atoms in total. The van der Waals surface area contributed by atoms with Crippen molar-refractivity contribution in [3.63, 3.8) is 0 Å². The first-order valence-corrected chi connectivity index (χ1v) is 6.50. The van der Waals surface area contributed by atoms with E-state index in [0.29, 0.717) is 17.2 Å². The first-order valence-electron chi connectivity index (χ1n) is 6.50. The van der Waals surface area contributed by atoms with E-state index in [1.807, 2.05) is 0 Å². The molecule has 1 fully saturated rings. The molecule has 0 spiro atoms. The van der Waals surface area contributed by atoms with Gasteiger partial charge in [0.15, 0.2) is 0 Å². The highest BCUT2D eigenvalue weighted by molar-refractivity contribution is 5.61. The summed E-state index contributed by atoms with van der Waals surface area (Å²) >= 11 is 0. The van der Waals surface area contributed by atoms with Crippen molar-refractivity contribution >= 4 is 11.4 Å². The Labute approximate surface area is 113 Å². The number of methoxy groups -OCH3 is 1. The van der Waals surface area contributed by atoms with Crippen molar-refractivity contribution in [2.24, 2.45) is 5.41 Å². The fraction of sp³-hybridized carbons (Fsp3) is 0.571. The molecule has 1 aliphatic rings. The second-order valence-electron chi connectivity index (χ2n) is 5.89. The molecule has 19 heavy (non-hydrogen) atoms. The number of nitro benzene ring substituents is 1. The van der Waals surface area contributed by atoms with E-state index in [9.17, 15) is 10.1 Å². The van der Waals surface area contributed by atoms with Gasteiger partial charge < -0.3 is 10.1 Å². The highest BCUT2D eigenvalue weighted by atomic mass is 16.6. The van der Waals surface area contributed by atoms with Crippen molar-refractivity contribution in [3.05, 3.63) is 28.3 Å².